The number of carbonyl (C=O) groups is 2. The van der Waals surface area contributed by atoms with Crippen LogP contribution in [0.2, 0.25) is 0 Å². The molecule has 12 heteroatoms. The van der Waals surface area contributed by atoms with Gasteiger partial charge < -0.3 is 15.4 Å². The SMILES string of the molecule is CCOC(=O)c1c(NC(=O)c2cc3n(n2)C(C(F)(F)F)CC(c2ccc(Br)cc2)N3)sc2c1CCC(C)C2. The van der Waals surface area contributed by atoms with E-state index in [0.29, 0.717) is 28.5 Å². The molecule has 3 atom stereocenters. The molecular formula is C26H26BrF3N4O3S. The van der Waals surface area contributed by atoms with Crippen molar-refractivity contribution >= 4 is 50.0 Å². The third-order valence-corrected chi connectivity index (χ3v) is 8.61. The number of nitrogens with zero attached hydrogens (tertiary/aromatic N) is 2. The van der Waals surface area contributed by atoms with Gasteiger partial charge in [-0.15, -0.1) is 11.3 Å². The fourth-order valence-corrected chi connectivity index (χ4v) is 6.68. The Morgan fingerprint density at radius 1 is 1.29 bits per heavy atom. The first kappa shape index (κ1) is 26.7. The second-order valence-electron chi connectivity index (χ2n) is 9.63. The zero-order valence-electron chi connectivity index (χ0n) is 20.7. The van der Waals surface area contributed by atoms with Gasteiger partial charge in [-0.05, 0) is 55.4 Å². The molecule has 1 aliphatic carbocycles. The smallest absolute Gasteiger partial charge is 0.410 e. The van der Waals surface area contributed by atoms with E-state index in [0.717, 1.165) is 32.4 Å². The van der Waals surface area contributed by atoms with Crippen molar-refractivity contribution in [3.63, 3.8) is 0 Å². The van der Waals surface area contributed by atoms with Crippen LogP contribution in [-0.4, -0.2) is 34.4 Å². The maximum atomic E-state index is 14.1. The highest BCUT2D eigenvalue weighted by molar-refractivity contribution is 9.10. The Kier molecular flexibility index (Phi) is 7.29. The van der Waals surface area contributed by atoms with Crippen molar-refractivity contribution in [2.75, 3.05) is 17.2 Å². The number of halogens is 4. The predicted octanol–water partition coefficient (Wildman–Crippen LogP) is 6.92. The normalized spacial score (nSPS) is 20.7. The van der Waals surface area contributed by atoms with Crippen LogP contribution in [0.1, 0.15) is 75.6 Å². The summed E-state index contributed by atoms with van der Waals surface area (Å²) < 4.78 is 49.1. The Bertz CT molecular complexity index is 1370. The van der Waals surface area contributed by atoms with Crippen LogP contribution in [0.15, 0.2) is 34.8 Å². The van der Waals surface area contributed by atoms with Gasteiger partial charge in [-0.2, -0.15) is 18.3 Å². The van der Waals surface area contributed by atoms with Crippen molar-refractivity contribution in [1.29, 1.82) is 0 Å². The van der Waals surface area contributed by atoms with E-state index in [4.69, 9.17) is 4.74 Å². The number of hydrogen-bond acceptors (Lipinski definition) is 6. The van der Waals surface area contributed by atoms with Crippen LogP contribution >= 0.6 is 27.3 Å². The molecule has 1 aromatic carbocycles. The van der Waals surface area contributed by atoms with Crippen LogP contribution in [0.4, 0.5) is 24.0 Å². The highest BCUT2D eigenvalue weighted by atomic mass is 79.9. The lowest BCUT2D eigenvalue weighted by atomic mass is 9.88. The molecule has 3 heterocycles. The molecule has 0 radical (unpaired) electrons. The summed E-state index contributed by atoms with van der Waals surface area (Å²) in [6, 6.07) is 5.85. The third kappa shape index (κ3) is 5.20. The molecule has 202 valence electrons. The maximum absolute atomic E-state index is 14.1. The van der Waals surface area contributed by atoms with Crippen molar-refractivity contribution in [1.82, 2.24) is 9.78 Å². The lowest BCUT2D eigenvalue weighted by Gasteiger charge is -2.33. The van der Waals surface area contributed by atoms with Gasteiger partial charge in [-0.25, -0.2) is 9.48 Å². The summed E-state index contributed by atoms with van der Waals surface area (Å²) in [5.74, 6) is -0.660. The second kappa shape index (κ2) is 10.4. The minimum absolute atomic E-state index is 0.0987. The fourth-order valence-electron chi connectivity index (χ4n) is 5.02. The number of alkyl halides is 3. The number of anilines is 2. The van der Waals surface area contributed by atoms with E-state index < -0.39 is 30.1 Å². The zero-order valence-corrected chi connectivity index (χ0v) is 23.1. The Hall–Kier alpha value is -2.86. The quantitative estimate of drug-likeness (QED) is 0.306. The van der Waals surface area contributed by atoms with Crippen molar-refractivity contribution in [3.8, 4) is 0 Å². The minimum atomic E-state index is -4.56. The van der Waals surface area contributed by atoms with E-state index in [9.17, 15) is 22.8 Å². The van der Waals surface area contributed by atoms with Gasteiger partial charge in [0.15, 0.2) is 11.7 Å². The highest BCUT2D eigenvalue weighted by Gasteiger charge is 2.47. The monoisotopic (exact) mass is 610 g/mol. The molecule has 2 N–H and O–H groups in total. The highest BCUT2D eigenvalue weighted by Crippen LogP contribution is 2.44. The molecule has 2 aliphatic rings. The second-order valence-corrected chi connectivity index (χ2v) is 11.7. The molecule has 1 aliphatic heterocycles. The largest absolute Gasteiger partial charge is 0.462 e. The van der Waals surface area contributed by atoms with E-state index in [-0.39, 0.29) is 24.5 Å². The van der Waals surface area contributed by atoms with Crippen LogP contribution in [0, 0.1) is 5.92 Å². The van der Waals surface area contributed by atoms with Crippen LogP contribution < -0.4 is 10.6 Å². The Morgan fingerprint density at radius 2 is 2.03 bits per heavy atom. The fraction of sp³-hybridized carbons (Fsp3) is 0.423. The molecular weight excluding hydrogens is 585 g/mol. The van der Waals surface area contributed by atoms with E-state index in [1.807, 2.05) is 0 Å². The number of amides is 1. The topological polar surface area (TPSA) is 85.2 Å². The summed E-state index contributed by atoms with van der Waals surface area (Å²) in [6.45, 7) is 4.02. The van der Waals surface area contributed by atoms with Crippen molar-refractivity contribution < 1.29 is 27.5 Å². The van der Waals surface area contributed by atoms with Crippen molar-refractivity contribution in [2.45, 2.75) is 57.8 Å². The first-order valence-corrected chi connectivity index (χ1v) is 14.0. The molecule has 0 saturated heterocycles. The van der Waals surface area contributed by atoms with Gasteiger partial charge in [0.2, 0.25) is 0 Å². The summed E-state index contributed by atoms with van der Waals surface area (Å²) in [7, 11) is 0. The number of aromatic nitrogens is 2. The summed E-state index contributed by atoms with van der Waals surface area (Å²) in [5, 5.41) is 10.2. The summed E-state index contributed by atoms with van der Waals surface area (Å²) in [6.07, 6.45) is -2.43. The number of nitrogens with one attached hydrogen (secondary N) is 2. The molecule has 2 aromatic heterocycles. The van der Waals surface area contributed by atoms with Crippen LogP contribution in [0.25, 0.3) is 0 Å². The van der Waals surface area contributed by atoms with E-state index >= 15 is 0 Å². The maximum Gasteiger partial charge on any atom is 0.410 e. The Labute approximate surface area is 229 Å². The Morgan fingerprint density at radius 3 is 2.71 bits per heavy atom. The van der Waals surface area contributed by atoms with Gasteiger partial charge in [0.1, 0.15) is 10.8 Å². The number of carbonyl (C=O) groups excluding carboxylic acids is 2. The number of hydrogen-bond donors (Lipinski definition) is 2. The molecule has 0 saturated carbocycles. The van der Waals surface area contributed by atoms with Gasteiger partial charge in [0, 0.05) is 21.8 Å². The van der Waals surface area contributed by atoms with Gasteiger partial charge in [-0.3, -0.25) is 4.79 Å². The zero-order chi connectivity index (χ0) is 27.2. The number of rotatable bonds is 5. The number of esters is 1. The standard InChI is InChI=1S/C26H26BrF3N4O3S/c1-3-37-25(36)22-16-9-4-13(2)10-19(16)38-24(22)32-23(35)18-12-21-31-17(14-5-7-15(27)8-6-14)11-20(26(28,29)30)34(21)33-18/h5-8,12-13,17,20,31H,3-4,9-11H2,1-2H3,(H,32,35). The number of fused-ring (bicyclic) bond motifs is 2. The summed E-state index contributed by atoms with van der Waals surface area (Å²) >= 11 is 4.66. The lowest BCUT2D eigenvalue weighted by molar-refractivity contribution is -0.173. The van der Waals surface area contributed by atoms with Gasteiger partial charge in [-0.1, -0.05) is 35.0 Å². The van der Waals surface area contributed by atoms with Crippen LogP contribution in [0.5, 0.6) is 0 Å². The predicted molar refractivity (Wildman–Crippen MR) is 142 cm³/mol. The van der Waals surface area contributed by atoms with Crippen LogP contribution in [0.3, 0.4) is 0 Å². The lowest BCUT2D eigenvalue weighted by Crippen LogP contribution is -2.35. The number of benzene rings is 1. The van der Waals surface area contributed by atoms with Gasteiger partial charge in [0.25, 0.3) is 5.91 Å². The molecule has 7 nitrogen and oxygen atoms in total. The van der Waals surface area contributed by atoms with Gasteiger partial charge in [0.05, 0.1) is 18.2 Å². The first-order valence-electron chi connectivity index (χ1n) is 12.4. The first-order chi connectivity index (χ1) is 18.0. The van der Waals surface area contributed by atoms with E-state index in [1.54, 1.807) is 31.2 Å². The van der Waals surface area contributed by atoms with E-state index in [1.165, 1.54) is 17.4 Å². The molecule has 38 heavy (non-hydrogen) atoms. The average Bonchev–Trinajstić information content (AvgIpc) is 3.44. The number of ether oxygens (including phenoxy) is 1. The molecule has 0 fully saturated rings. The average molecular weight is 611 g/mol. The summed E-state index contributed by atoms with van der Waals surface area (Å²) in [4.78, 5) is 27.0. The molecule has 5 rings (SSSR count). The van der Waals surface area contributed by atoms with Gasteiger partial charge >= 0.3 is 12.1 Å². The Balaban J connectivity index is 1.45. The number of thiophene rings is 1. The van der Waals surface area contributed by atoms with E-state index in [2.05, 4.69) is 38.6 Å². The molecule has 3 unspecified atom stereocenters. The van der Waals surface area contributed by atoms with Crippen LogP contribution in [-0.2, 0) is 17.6 Å². The van der Waals surface area contributed by atoms with Crippen molar-refractivity contribution in [3.05, 3.63) is 62.1 Å². The summed E-state index contributed by atoms with van der Waals surface area (Å²) in [5.41, 5.74) is 1.73. The molecule has 0 spiro atoms. The third-order valence-electron chi connectivity index (χ3n) is 6.91. The minimum Gasteiger partial charge on any atom is -0.462 e. The molecule has 0 bridgehead atoms. The van der Waals surface area contributed by atoms with Crippen molar-refractivity contribution in [2.24, 2.45) is 5.92 Å². The molecule has 1 amide bonds. The molecule has 3 aromatic rings.